The summed E-state index contributed by atoms with van der Waals surface area (Å²) < 4.78 is 7.30. The fourth-order valence-electron chi connectivity index (χ4n) is 4.89. The number of hydrogen-bond acceptors (Lipinski definition) is 8. The lowest BCUT2D eigenvalue weighted by atomic mass is 10.0. The van der Waals surface area contributed by atoms with E-state index in [4.69, 9.17) is 14.7 Å². The molecule has 0 spiro atoms. The number of carbonyl (C=O) groups excluding carboxylic acids is 1. The van der Waals surface area contributed by atoms with Crippen LogP contribution >= 0.6 is 11.3 Å². The van der Waals surface area contributed by atoms with E-state index in [2.05, 4.69) is 42.2 Å². The lowest BCUT2D eigenvalue weighted by Crippen LogP contribution is -2.33. The van der Waals surface area contributed by atoms with E-state index in [0.29, 0.717) is 41.8 Å². The van der Waals surface area contributed by atoms with Gasteiger partial charge in [-0.25, -0.2) is 14.5 Å². The van der Waals surface area contributed by atoms with Gasteiger partial charge in [0.05, 0.1) is 40.7 Å². The van der Waals surface area contributed by atoms with Crippen LogP contribution in [0, 0.1) is 0 Å². The van der Waals surface area contributed by atoms with Crippen molar-refractivity contribution in [2.45, 2.75) is 52.1 Å². The Morgan fingerprint density at radius 2 is 2.11 bits per heavy atom. The molecular weight excluding hydrogens is 484 g/mol. The minimum atomic E-state index is 0.122. The molecule has 1 saturated heterocycles. The Hall–Kier alpha value is -3.14. The van der Waals surface area contributed by atoms with Crippen molar-refractivity contribution in [1.29, 1.82) is 0 Å². The van der Waals surface area contributed by atoms with E-state index in [-0.39, 0.29) is 11.8 Å². The highest BCUT2D eigenvalue weighted by Crippen LogP contribution is 2.29. The van der Waals surface area contributed by atoms with Crippen LogP contribution in [0.3, 0.4) is 0 Å². The second-order valence-corrected chi connectivity index (χ2v) is 10.4. The van der Waals surface area contributed by atoms with Crippen molar-refractivity contribution in [3.05, 3.63) is 53.7 Å². The van der Waals surface area contributed by atoms with E-state index < -0.39 is 0 Å². The number of carbonyl (C=O) groups is 1. The number of hydrogen-bond donors (Lipinski definition) is 1. The smallest absolute Gasteiger partial charge is 0.165 e. The molecule has 4 aromatic rings. The first-order valence-corrected chi connectivity index (χ1v) is 14.0. The first-order valence-electron chi connectivity index (χ1n) is 13.1. The molecule has 1 aliphatic heterocycles. The summed E-state index contributed by atoms with van der Waals surface area (Å²) in [5.41, 5.74) is 3.76. The van der Waals surface area contributed by atoms with Crippen LogP contribution in [0.15, 0.2) is 48.1 Å². The maximum absolute atomic E-state index is 13.4. The minimum Gasteiger partial charge on any atom is -0.379 e. The maximum Gasteiger partial charge on any atom is 0.165 e. The zero-order valence-electron chi connectivity index (χ0n) is 21.7. The van der Waals surface area contributed by atoms with Gasteiger partial charge in [0.2, 0.25) is 0 Å². The van der Waals surface area contributed by atoms with Crippen molar-refractivity contribution >= 4 is 28.6 Å². The van der Waals surface area contributed by atoms with Crippen LogP contribution in [0.4, 0.5) is 5.82 Å². The molecule has 5 rings (SSSR count). The molecule has 5 heterocycles. The zero-order valence-corrected chi connectivity index (χ0v) is 22.5. The molecule has 1 aliphatic rings. The van der Waals surface area contributed by atoms with Gasteiger partial charge in [0.25, 0.3) is 0 Å². The van der Waals surface area contributed by atoms with Crippen molar-refractivity contribution in [2.75, 3.05) is 31.6 Å². The van der Waals surface area contributed by atoms with Gasteiger partial charge >= 0.3 is 0 Å². The van der Waals surface area contributed by atoms with Gasteiger partial charge in [-0.15, -0.1) is 11.3 Å². The standard InChI is InChI=1S/C28H34N6O2S/c1-4-33(5-2)19(3)8-9-25(35)20-15-24(31-27(16-20)30-21-11-13-36-18-21)22-17-29-34-12-10-23(32-28(22)34)26-7-6-14-37-26/h6-7,10,12,14-17,19,21H,4-5,8-9,11,13,18H2,1-3H3,(H,30,31)/t19-,21-/m0/s1. The van der Waals surface area contributed by atoms with Crippen LogP contribution < -0.4 is 5.32 Å². The average Bonchev–Trinajstić information content (AvgIpc) is 3.69. The van der Waals surface area contributed by atoms with Crippen molar-refractivity contribution < 1.29 is 9.53 Å². The molecule has 0 aliphatic carbocycles. The Labute approximate surface area is 221 Å². The number of ether oxygens (including phenoxy) is 1. The normalized spacial score (nSPS) is 16.5. The van der Waals surface area contributed by atoms with Gasteiger partial charge in [-0.1, -0.05) is 19.9 Å². The van der Waals surface area contributed by atoms with E-state index in [1.807, 2.05) is 35.8 Å². The third kappa shape index (κ3) is 5.74. The van der Waals surface area contributed by atoms with Crippen molar-refractivity contribution in [1.82, 2.24) is 24.5 Å². The van der Waals surface area contributed by atoms with E-state index in [9.17, 15) is 4.79 Å². The Morgan fingerprint density at radius 1 is 1.24 bits per heavy atom. The number of fused-ring (bicyclic) bond motifs is 1. The summed E-state index contributed by atoms with van der Waals surface area (Å²) in [5, 5.41) is 10.0. The molecule has 0 unspecified atom stereocenters. The molecule has 9 heteroatoms. The molecule has 8 nitrogen and oxygen atoms in total. The molecule has 0 saturated carbocycles. The highest BCUT2D eigenvalue weighted by Gasteiger charge is 2.20. The van der Waals surface area contributed by atoms with E-state index in [1.165, 1.54) is 0 Å². The Morgan fingerprint density at radius 3 is 2.84 bits per heavy atom. The molecule has 37 heavy (non-hydrogen) atoms. The van der Waals surface area contributed by atoms with Crippen molar-refractivity contribution in [2.24, 2.45) is 0 Å². The van der Waals surface area contributed by atoms with Gasteiger partial charge in [0.1, 0.15) is 5.82 Å². The number of thiophene rings is 1. The van der Waals surface area contributed by atoms with E-state index >= 15 is 0 Å². The summed E-state index contributed by atoms with van der Waals surface area (Å²) in [6.45, 7) is 9.86. The Bertz CT molecular complexity index is 1340. The predicted molar refractivity (Wildman–Crippen MR) is 148 cm³/mol. The Balaban J connectivity index is 1.48. The van der Waals surface area contributed by atoms with Gasteiger partial charge in [0, 0.05) is 30.8 Å². The highest BCUT2D eigenvalue weighted by molar-refractivity contribution is 7.13. The van der Waals surface area contributed by atoms with Gasteiger partial charge < -0.3 is 15.0 Å². The summed E-state index contributed by atoms with van der Waals surface area (Å²) in [7, 11) is 0. The summed E-state index contributed by atoms with van der Waals surface area (Å²) >= 11 is 1.65. The SMILES string of the molecule is CCN(CC)[C@@H](C)CCC(=O)c1cc(N[C@H]2CCOC2)nc(-c2cnn3ccc(-c4cccs4)nc23)c1. The van der Waals surface area contributed by atoms with Crippen LogP contribution in [0.5, 0.6) is 0 Å². The van der Waals surface area contributed by atoms with E-state index in [1.54, 1.807) is 22.0 Å². The lowest BCUT2D eigenvalue weighted by Gasteiger charge is -2.26. The molecule has 2 atom stereocenters. The van der Waals surface area contributed by atoms with Crippen LogP contribution in [-0.4, -0.2) is 68.7 Å². The monoisotopic (exact) mass is 518 g/mol. The van der Waals surface area contributed by atoms with Crippen molar-refractivity contribution in [3.63, 3.8) is 0 Å². The number of pyridine rings is 1. The molecule has 194 valence electrons. The van der Waals surface area contributed by atoms with Gasteiger partial charge in [-0.2, -0.15) is 5.10 Å². The second-order valence-electron chi connectivity index (χ2n) is 9.48. The maximum atomic E-state index is 13.4. The molecule has 4 aromatic heterocycles. The predicted octanol–water partition coefficient (Wildman–Crippen LogP) is 5.41. The number of anilines is 1. The highest BCUT2D eigenvalue weighted by atomic mass is 32.1. The Kier molecular flexibility index (Phi) is 7.93. The number of nitrogens with one attached hydrogen (secondary N) is 1. The second kappa shape index (κ2) is 11.5. The largest absolute Gasteiger partial charge is 0.379 e. The molecule has 1 fully saturated rings. The third-order valence-electron chi connectivity index (χ3n) is 7.07. The quantitative estimate of drug-likeness (QED) is 0.266. The molecule has 0 amide bonds. The summed E-state index contributed by atoms with van der Waals surface area (Å²) in [4.78, 5) is 26.7. The van der Waals surface area contributed by atoms with Gasteiger partial charge in [-0.05, 0) is 62.5 Å². The summed E-state index contributed by atoms with van der Waals surface area (Å²) in [6.07, 6.45) is 5.92. The minimum absolute atomic E-state index is 0.122. The first kappa shape index (κ1) is 25.5. The van der Waals surface area contributed by atoms with Crippen LogP contribution in [-0.2, 0) is 4.74 Å². The number of rotatable bonds is 11. The molecular formula is C28H34N6O2S. The van der Waals surface area contributed by atoms with Gasteiger partial charge in [-0.3, -0.25) is 4.79 Å². The number of aromatic nitrogens is 4. The van der Waals surface area contributed by atoms with Crippen LogP contribution in [0.1, 0.15) is 50.4 Å². The molecule has 0 radical (unpaired) electrons. The average molecular weight is 519 g/mol. The number of nitrogens with zero attached hydrogens (tertiary/aromatic N) is 5. The number of ketones is 1. The summed E-state index contributed by atoms with van der Waals surface area (Å²) in [5.74, 6) is 0.805. The van der Waals surface area contributed by atoms with Crippen LogP contribution in [0.25, 0.3) is 27.5 Å². The fraction of sp³-hybridized carbons (Fsp3) is 0.429. The first-order chi connectivity index (χ1) is 18.1. The van der Waals surface area contributed by atoms with Crippen LogP contribution in [0.2, 0.25) is 0 Å². The van der Waals surface area contributed by atoms with E-state index in [0.717, 1.165) is 48.7 Å². The molecule has 0 bridgehead atoms. The topological polar surface area (TPSA) is 84.7 Å². The fourth-order valence-corrected chi connectivity index (χ4v) is 5.58. The van der Waals surface area contributed by atoms with Crippen molar-refractivity contribution in [3.8, 4) is 21.8 Å². The molecule has 1 N–H and O–H groups in total. The molecule has 0 aromatic carbocycles. The zero-order chi connectivity index (χ0) is 25.8. The number of Topliss-reactive ketones (excluding diaryl/α,β-unsaturated/α-hetero) is 1. The van der Waals surface area contributed by atoms with Gasteiger partial charge in [0.15, 0.2) is 11.4 Å². The third-order valence-corrected chi connectivity index (χ3v) is 7.96. The summed E-state index contributed by atoms with van der Waals surface area (Å²) in [6, 6.07) is 10.3. The lowest BCUT2D eigenvalue weighted by molar-refractivity contribution is 0.0964.